The van der Waals surface area contributed by atoms with Crippen LogP contribution in [0.4, 0.5) is 5.95 Å². The summed E-state index contributed by atoms with van der Waals surface area (Å²) in [6.45, 7) is 4.14. The average Bonchev–Trinajstić information content (AvgIpc) is 2.66. The van der Waals surface area contributed by atoms with E-state index in [1.807, 2.05) is 14.1 Å². The molecule has 0 aliphatic carbocycles. The molecule has 0 saturated carbocycles. The van der Waals surface area contributed by atoms with Gasteiger partial charge in [0.2, 0.25) is 5.89 Å². The highest BCUT2D eigenvalue weighted by atomic mass is 16.5. The van der Waals surface area contributed by atoms with Gasteiger partial charge in [-0.25, -0.2) is 0 Å². The molecule has 1 atom stereocenters. The van der Waals surface area contributed by atoms with Crippen molar-refractivity contribution in [3.05, 3.63) is 5.89 Å². The van der Waals surface area contributed by atoms with Crippen molar-refractivity contribution in [2.75, 3.05) is 19.0 Å². The van der Waals surface area contributed by atoms with E-state index in [-0.39, 0.29) is 5.41 Å². The molecule has 0 aliphatic rings. The van der Waals surface area contributed by atoms with Gasteiger partial charge < -0.3 is 9.42 Å². The van der Waals surface area contributed by atoms with Crippen LogP contribution in [0.25, 0.3) is 0 Å². The molecule has 0 amide bonds. The first-order valence-corrected chi connectivity index (χ1v) is 5.37. The first-order chi connectivity index (χ1) is 7.50. The van der Waals surface area contributed by atoms with Crippen molar-refractivity contribution in [1.29, 1.82) is 5.26 Å². The van der Waals surface area contributed by atoms with Crippen LogP contribution in [0, 0.1) is 16.7 Å². The lowest BCUT2D eigenvalue weighted by Crippen LogP contribution is -2.18. The second-order valence-corrected chi connectivity index (χ2v) is 4.56. The summed E-state index contributed by atoms with van der Waals surface area (Å²) in [7, 11) is 3.73. The van der Waals surface area contributed by atoms with Gasteiger partial charge >= 0.3 is 0 Å². The molecule has 0 N–H and O–H groups in total. The second kappa shape index (κ2) is 4.97. The van der Waals surface area contributed by atoms with Crippen molar-refractivity contribution in [1.82, 2.24) is 10.1 Å². The highest BCUT2D eigenvalue weighted by Crippen LogP contribution is 2.29. The summed E-state index contributed by atoms with van der Waals surface area (Å²) < 4.78 is 5.16. The van der Waals surface area contributed by atoms with Crippen LogP contribution >= 0.6 is 0 Å². The van der Waals surface area contributed by atoms with E-state index in [0.717, 1.165) is 6.42 Å². The van der Waals surface area contributed by atoms with Crippen LogP contribution in [-0.2, 0) is 6.42 Å². The fraction of sp³-hybridized carbons (Fsp3) is 0.727. The Balaban J connectivity index is 2.75. The molecule has 0 radical (unpaired) electrons. The van der Waals surface area contributed by atoms with Gasteiger partial charge in [-0.05, 0) is 17.0 Å². The van der Waals surface area contributed by atoms with Crippen LogP contribution in [0.2, 0.25) is 0 Å². The molecule has 1 heterocycles. The zero-order valence-corrected chi connectivity index (χ0v) is 10.3. The highest BCUT2D eigenvalue weighted by molar-refractivity contribution is 5.23. The van der Waals surface area contributed by atoms with E-state index in [9.17, 15) is 0 Å². The molecule has 88 valence electrons. The maximum absolute atomic E-state index is 8.78. The molecule has 5 heteroatoms. The predicted molar refractivity (Wildman–Crippen MR) is 61.0 cm³/mol. The van der Waals surface area contributed by atoms with Crippen molar-refractivity contribution in [3.63, 3.8) is 0 Å². The molecule has 16 heavy (non-hydrogen) atoms. The Morgan fingerprint density at radius 2 is 2.19 bits per heavy atom. The van der Waals surface area contributed by atoms with Gasteiger partial charge in [0.25, 0.3) is 5.95 Å². The number of nitrogens with zero attached hydrogens (tertiary/aromatic N) is 4. The minimum Gasteiger partial charge on any atom is -0.344 e. The monoisotopic (exact) mass is 222 g/mol. The number of hydrogen-bond donors (Lipinski definition) is 0. The Bertz CT molecular complexity index is 380. The normalized spacial score (nSPS) is 14.2. The van der Waals surface area contributed by atoms with Gasteiger partial charge in [0.05, 0.1) is 6.07 Å². The molecular formula is C11H18N4O. The molecule has 0 saturated heterocycles. The molecular weight excluding hydrogens is 204 g/mol. The summed E-state index contributed by atoms with van der Waals surface area (Å²) >= 11 is 0. The first-order valence-electron chi connectivity index (χ1n) is 5.37. The van der Waals surface area contributed by atoms with Crippen molar-refractivity contribution < 1.29 is 4.52 Å². The zero-order chi connectivity index (χ0) is 12.2. The third-order valence-electron chi connectivity index (χ3n) is 2.79. The van der Waals surface area contributed by atoms with Crippen molar-refractivity contribution in [2.24, 2.45) is 5.41 Å². The predicted octanol–water partition coefficient (Wildman–Crippen LogP) is 2.01. The maximum Gasteiger partial charge on any atom is 0.265 e. The van der Waals surface area contributed by atoms with Crippen LogP contribution in [-0.4, -0.2) is 24.2 Å². The molecule has 0 aromatic carbocycles. The number of rotatable bonds is 5. The van der Waals surface area contributed by atoms with E-state index in [1.165, 1.54) is 0 Å². The zero-order valence-electron chi connectivity index (χ0n) is 10.3. The second-order valence-electron chi connectivity index (χ2n) is 4.56. The maximum atomic E-state index is 8.78. The Morgan fingerprint density at radius 1 is 1.50 bits per heavy atom. The quantitative estimate of drug-likeness (QED) is 0.762. The summed E-state index contributed by atoms with van der Waals surface area (Å²) in [5.74, 6) is 1.17. The van der Waals surface area contributed by atoms with Crippen molar-refractivity contribution in [3.8, 4) is 6.07 Å². The molecule has 1 aromatic rings. The fourth-order valence-corrected chi connectivity index (χ4v) is 1.37. The first kappa shape index (κ1) is 12.5. The molecule has 0 bridgehead atoms. The van der Waals surface area contributed by atoms with Gasteiger partial charge in [-0.15, -0.1) is 0 Å². The van der Waals surface area contributed by atoms with E-state index in [0.29, 0.717) is 24.7 Å². The van der Waals surface area contributed by atoms with Crippen molar-refractivity contribution in [2.45, 2.75) is 33.1 Å². The van der Waals surface area contributed by atoms with Crippen LogP contribution in [0.15, 0.2) is 4.52 Å². The molecule has 0 fully saturated rings. The average molecular weight is 222 g/mol. The van der Waals surface area contributed by atoms with Gasteiger partial charge in [-0.2, -0.15) is 10.2 Å². The summed E-state index contributed by atoms with van der Waals surface area (Å²) in [4.78, 5) is 6.06. The summed E-state index contributed by atoms with van der Waals surface area (Å²) in [6.07, 6.45) is 2.07. The standard InChI is InChI=1S/C11H18N4O/c1-5-11(2,6-7-12)8-9-13-10(14-16-9)15(3)4/h5-6,8H2,1-4H3. The smallest absolute Gasteiger partial charge is 0.265 e. The highest BCUT2D eigenvalue weighted by Gasteiger charge is 2.25. The van der Waals surface area contributed by atoms with E-state index in [2.05, 4.69) is 30.1 Å². The van der Waals surface area contributed by atoms with Gasteiger partial charge in [0.15, 0.2) is 0 Å². The van der Waals surface area contributed by atoms with Gasteiger partial charge in [-0.1, -0.05) is 13.8 Å². The third-order valence-corrected chi connectivity index (χ3v) is 2.79. The van der Waals surface area contributed by atoms with E-state index in [1.54, 1.807) is 4.90 Å². The summed E-state index contributed by atoms with van der Waals surface area (Å²) in [5, 5.41) is 12.6. The number of anilines is 1. The molecule has 1 rings (SSSR count). The Kier molecular flexibility index (Phi) is 3.88. The molecule has 1 unspecified atom stereocenters. The fourth-order valence-electron chi connectivity index (χ4n) is 1.37. The van der Waals surface area contributed by atoms with Gasteiger partial charge in [0, 0.05) is 26.9 Å². The lowest BCUT2D eigenvalue weighted by Gasteiger charge is -2.22. The third kappa shape index (κ3) is 2.96. The Labute approximate surface area is 96.1 Å². The van der Waals surface area contributed by atoms with Gasteiger partial charge in [-0.3, -0.25) is 0 Å². The molecule has 1 aromatic heterocycles. The lowest BCUT2D eigenvalue weighted by atomic mass is 9.81. The van der Waals surface area contributed by atoms with Crippen LogP contribution in [0.3, 0.4) is 0 Å². The molecule has 0 spiro atoms. The number of aromatic nitrogens is 2. The lowest BCUT2D eigenvalue weighted by molar-refractivity contribution is 0.266. The summed E-state index contributed by atoms with van der Waals surface area (Å²) in [6, 6.07) is 2.21. The minimum atomic E-state index is -0.0785. The van der Waals surface area contributed by atoms with Crippen molar-refractivity contribution >= 4 is 5.95 Å². The van der Waals surface area contributed by atoms with E-state index in [4.69, 9.17) is 9.78 Å². The minimum absolute atomic E-state index is 0.0785. The topological polar surface area (TPSA) is 66.0 Å². The largest absolute Gasteiger partial charge is 0.344 e. The Hall–Kier alpha value is -1.57. The van der Waals surface area contributed by atoms with Crippen LogP contribution < -0.4 is 4.90 Å². The van der Waals surface area contributed by atoms with Gasteiger partial charge in [0.1, 0.15) is 0 Å². The molecule has 0 aliphatic heterocycles. The SMILES string of the molecule is CCC(C)(CC#N)Cc1nc(N(C)C)no1. The summed E-state index contributed by atoms with van der Waals surface area (Å²) in [5.41, 5.74) is -0.0785. The van der Waals surface area contributed by atoms with Crippen LogP contribution in [0.5, 0.6) is 0 Å². The number of hydrogen-bond acceptors (Lipinski definition) is 5. The number of nitriles is 1. The van der Waals surface area contributed by atoms with E-state index >= 15 is 0 Å². The van der Waals surface area contributed by atoms with Crippen LogP contribution in [0.1, 0.15) is 32.6 Å². The molecule has 5 nitrogen and oxygen atoms in total. The Morgan fingerprint density at radius 3 is 2.62 bits per heavy atom. The van der Waals surface area contributed by atoms with E-state index < -0.39 is 0 Å².